The lowest BCUT2D eigenvalue weighted by atomic mass is 9.95. The van der Waals surface area contributed by atoms with E-state index in [1.807, 2.05) is 10.6 Å². The maximum Gasteiger partial charge on any atom is 0.350 e. The highest BCUT2D eigenvalue weighted by molar-refractivity contribution is 7.13. The van der Waals surface area contributed by atoms with Crippen LogP contribution >= 0.6 is 22.9 Å². The van der Waals surface area contributed by atoms with Crippen LogP contribution in [0.4, 0.5) is 15.3 Å². The van der Waals surface area contributed by atoms with Crippen molar-refractivity contribution in [1.29, 1.82) is 0 Å². The second-order valence-electron chi connectivity index (χ2n) is 12.2. The first kappa shape index (κ1) is 27.8. The average Bonchev–Trinajstić information content (AvgIpc) is 3.70. The van der Waals surface area contributed by atoms with Crippen molar-refractivity contribution < 1.29 is 9.13 Å². The van der Waals surface area contributed by atoms with E-state index < -0.39 is 5.83 Å². The number of thiazole rings is 1. The number of anilines is 2. The molecule has 0 radical (unpaired) electrons. The molecule has 2 bridgehead atoms. The Morgan fingerprint density at radius 1 is 1.26 bits per heavy atom. The molecular formula is C30H35ClFN7O2S. The predicted octanol–water partition coefficient (Wildman–Crippen LogP) is 2.79. The van der Waals surface area contributed by atoms with E-state index in [1.54, 1.807) is 6.08 Å². The van der Waals surface area contributed by atoms with Crippen LogP contribution in [0.3, 0.4) is 0 Å². The molecule has 222 valence electrons. The number of fused-ring (bicyclic) bond motifs is 2. The number of benzene rings is 1. The molecule has 5 heterocycles. The van der Waals surface area contributed by atoms with Gasteiger partial charge in [-0.1, -0.05) is 29.5 Å². The first-order valence-corrected chi connectivity index (χ1v) is 15.8. The summed E-state index contributed by atoms with van der Waals surface area (Å²) in [7, 11) is 4.22. The Morgan fingerprint density at radius 2 is 2.02 bits per heavy atom. The van der Waals surface area contributed by atoms with Gasteiger partial charge in [0.1, 0.15) is 18.3 Å². The van der Waals surface area contributed by atoms with E-state index in [0.29, 0.717) is 57.8 Å². The van der Waals surface area contributed by atoms with Crippen molar-refractivity contribution in [3.8, 4) is 5.75 Å². The lowest BCUT2D eigenvalue weighted by Crippen LogP contribution is -2.52. The van der Waals surface area contributed by atoms with Gasteiger partial charge in [0.05, 0.1) is 26.5 Å². The van der Waals surface area contributed by atoms with Crippen LogP contribution in [0, 0.1) is 5.92 Å². The number of piperazine rings is 1. The highest BCUT2D eigenvalue weighted by Crippen LogP contribution is 2.46. The predicted molar refractivity (Wildman–Crippen MR) is 167 cm³/mol. The van der Waals surface area contributed by atoms with Crippen molar-refractivity contribution in [2.24, 2.45) is 5.92 Å². The average molecular weight is 612 g/mol. The summed E-state index contributed by atoms with van der Waals surface area (Å²) in [5.74, 6) is 0.894. The summed E-state index contributed by atoms with van der Waals surface area (Å²) in [5.41, 5.74) is 6.92. The zero-order valence-electron chi connectivity index (χ0n) is 23.8. The second-order valence-corrected chi connectivity index (χ2v) is 13.6. The van der Waals surface area contributed by atoms with Gasteiger partial charge in [-0.25, -0.2) is 14.2 Å². The number of nitrogens with one attached hydrogen (secondary N) is 1. The third-order valence-corrected chi connectivity index (χ3v) is 10.7. The molecule has 5 unspecified atom stereocenters. The molecule has 1 saturated carbocycles. The summed E-state index contributed by atoms with van der Waals surface area (Å²) in [6.07, 6.45) is 8.12. The number of nitrogens with zero attached hydrogens (tertiary/aromatic N) is 5. The van der Waals surface area contributed by atoms with Gasteiger partial charge in [0.25, 0.3) is 0 Å². The SMILES string of the molecule is C=C/C(F)=c1/sc(N)n/c1=C\c1c(Cl)cc2c(N3CC4CCC(C3)N4)nc(=O)n3c2c1OCC3C1CCC(N(C)C)C1. The van der Waals surface area contributed by atoms with E-state index in [-0.39, 0.29) is 27.3 Å². The van der Waals surface area contributed by atoms with E-state index >= 15 is 0 Å². The van der Waals surface area contributed by atoms with Crippen molar-refractivity contribution in [2.45, 2.75) is 56.3 Å². The molecule has 7 rings (SSSR count). The molecule has 3 N–H and O–H groups in total. The summed E-state index contributed by atoms with van der Waals surface area (Å²) in [5, 5.41) is 5.43. The van der Waals surface area contributed by atoms with Crippen LogP contribution in [0.5, 0.6) is 5.75 Å². The fourth-order valence-electron chi connectivity index (χ4n) is 7.39. The normalized spacial score (nSPS) is 28.1. The Kier molecular flexibility index (Phi) is 7.04. The minimum atomic E-state index is -0.518. The standard InChI is InChI=1S/C30H35ClFN7O2S/c1-4-22(32)27-23(35-29(33)42-27)11-19-21(31)10-20-25-26(19)41-14-24(15-5-8-18(9-15)37(2)3)39(25)30(40)36-28(20)38-12-16-6-7-17(13-38)34-16/h4,10-11,15-18,24,34H,1,5-9,12-14H2,2-3H3,(H2,33,35)/b23-11-,27-22-. The zero-order valence-corrected chi connectivity index (χ0v) is 25.3. The van der Waals surface area contributed by atoms with Crippen LogP contribution in [-0.2, 0) is 0 Å². The zero-order chi connectivity index (χ0) is 29.3. The monoisotopic (exact) mass is 611 g/mol. The minimum Gasteiger partial charge on any atom is -0.489 e. The van der Waals surface area contributed by atoms with Crippen molar-refractivity contribution in [1.82, 2.24) is 24.8 Å². The quantitative estimate of drug-likeness (QED) is 0.454. The topological polar surface area (TPSA) is 102 Å². The molecule has 4 aliphatic rings. The van der Waals surface area contributed by atoms with Crippen molar-refractivity contribution >= 4 is 56.7 Å². The van der Waals surface area contributed by atoms with Crippen molar-refractivity contribution in [3.05, 3.63) is 49.7 Å². The highest BCUT2D eigenvalue weighted by Gasteiger charge is 2.39. The number of hydrogen-bond acceptors (Lipinski definition) is 9. The third-order valence-electron chi connectivity index (χ3n) is 9.45. The maximum atomic E-state index is 14.7. The molecule has 9 nitrogen and oxygen atoms in total. The number of nitrogens with two attached hydrogens (primary N) is 1. The van der Waals surface area contributed by atoms with Gasteiger partial charge in [-0.05, 0) is 70.3 Å². The molecule has 5 atom stereocenters. The fourth-order valence-corrected chi connectivity index (χ4v) is 8.38. The molecule has 2 aromatic heterocycles. The molecular weight excluding hydrogens is 577 g/mol. The largest absolute Gasteiger partial charge is 0.489 e. The van der Waals surface area contributed by atoms with Crippen LogP contribution < -0.4 is 36.3 Å². The van der Waals surface area contributed by atoms with E-state index in [2.05, 4.69) is 40.8 Å². The van der Waals surface area contributed by atoms with Gasteiger partial charge in [-0.2, -0.15) is 4.98 Å². The molecule has 1 aliphatic carbocycles. The number of nitrogen functional groups attached to an aromatic ring is 1. The Balaban J connectivity index is 1.46. The van der Waals surface area contributed by atoms with Gasteiger partial charge in [0.15, 0.2) is 10.9 Å². The summed E-state index contributed by atoms with van der Waals surface area (Å²) in [6, 6.07) is 2.93. The molecule has 0 spiro atoms. The van der Waals surface area contributed by atoms with Gasteiger partial charge < -0.3 is 25.6 Å². The van der Waals surface area contributed by atoms with Gasteiger partial charge in [0, 0.05) is 42.2 Å². The Bertz CT molecular complexity index is 1760. The summed E-state index contributed by atoms with van der Waals surface area (Å²) in [6.45, 7) is 5.43. The number of allylic oxidation sites excluding steroid dienone is 1. The molecule has 2 saturated heterocycles. The van der Waals surface area contributed by atoms with Crippen LogP contribution in [0.1, 0.15) is 43.7 Å². The lowest BCUT2D eigenvalue weighted by molar-refractivity contribution is 0.175. The molecule has 3 aromatic rings. The number of halogens is 2. The first-order valence-electron chi connectivity index (χ1n) is 14.6. The fraction of sp³-hybridized carbons (Fsp3) is 0.500. The lowest BCUT2D eigenvalue weighted by Gasteiger charge is -2.37. The maximum absolute atomic E-state index is 14.7. The smallest absolute Gasteiger partial charge is 0.350 e. The van der Waals surface area contributed by atoms with E-state index in [1.165, 1.54) is 0 Å². The van der Waals surface area contributed by atoms with E-state index in [0.717, 1.165) is 68.0 Å². The Morgan fingerprint density at radius 3 is 2.71 bits per heavy atom. The molecule has 42 heavy (non-hydrogen) atoms. The van der Waals surface area contributed by atoms with Gasteiger partial charge in [-0.3, -0.25) is 4.57 Å². The molecule has 3 aliphatic heterocycles. The second kappa shape index (κ2) is 10.6. The molecule has 3 fully saturated rings. The van der Waals surface area contributed by atoms with E-state index in [4.69, 9.17) is 27.1 Å². The third kappa shape index (κ3) is 4.61. The van der Waals surface area contributed by atoms with Gasteiger partial charge in [-0.15, -0.1) is 0 Å². The number of aromatic nitrogens is 3. The molecule has 0 amide bonds. The van der Waals surface area contributed by atoms with Gasteiger partial charge in [0.2, 0.25) is 0 Å². The Hall–Kier alpha value is -2.99. The van der Waals surface area contributed by atoms with Crippen LogP contribution in [-0.4, -0.2) is 71.4 Å². The van der Waals surface area contributed by atoms with Crippen LogP contribution in [0.25, 0.3) is 22.8 Å². The number of rotatable bonds is 5. The highest BCUT2D eigenvalue weighted by atomic mass is 35.5. The van der Waals surface area contributed by atoms with E-state index in [9.17, 15) is 9.18 Å². The van der Waals surface area contributed by atoms with Crippen molar-refractivity contribution in [3.63, 3.8) is 0 Å². The molecule has 1 aromatic carbocycles. The van der Waals surface area contributed by atoms with Crippen molar-refractivity contribution in [2.75, 3.05) is 44.4 Å². The number of ether oxygens (including phenoxy) is 1. The summed E-state index contributed by atoms with van der Waals surface area (Å²) < 4.78 is 23.4. The van der Waals surface area contributed by atoms with Crippen LogP contribution in [0.2, 0.25) is 5.02 Å². The van der Waals surface area contributed by atoms with Crippen LogP contribution in [0.15, 0.2) is 23.5 Å². The minimum absolute atomic E-state index is 0.149. The summed E-state index contributed by atoms with van der Waals surface area (Å²) >= 11 is 8.03. The molecule has 12 heteroatoms. The first-order chi connectivity index (χ1) is 20.2. The van der Waals surface area contributed by atoms with Gasteiger partial charge >= 0.3 is 5.69 Å². The Labute approximate surface area is 252 Å². The summed E-state index contributed by atoms with van der Waals surface area (Å²) in [4.78, 5) is 27.6. The number of hydrogen-bond donors (Lipinski definition) is 2.